The van der Waals surface area contributed by atoms with Gasteiger partial charge in [0.1, 0.15) is 12.3 Å². The fourth-order valence-electron chi connectivity index (χ4n) is 2.79. The van der Waals surface area contributed by atoms with Gasteiger partial charge in [0.2, 0.25) is 5.91 Å². The molecule has 2 aromatic carbocycles. The molecule has 1 aliphatic rings. The van der Waals surface area contributed by atoms with Crippen LogP contribution in [0.3, 0.4) is 0 Å². The number of nitrogens with one attached hydrogen (secondary N) is 1. The largest absolute Gasteiger partial charge is 0.494 e. The summed E-state index contributed by atoms with van der Waals surface area (Å²) in [6, 6.07) is 14.6. The lowest BCUT2D eigenvalue weighted by Gasteiger charge is -2.28. The van der Waals surface area contributed by atoms with Crippen LogP contribution in [0.2, 0.25) is 0 Å². The molecule has 7 nitrogen and oxygen atoms in total. The number of fused-ring (bicyclic) bond motifs is 1. The Balaban J connectivity index is 1.41. The molecule has 0 saturated heterocycles. The van der Waals surface area contributed by atoms with Gasteiger partial charge >= 0.3 is 5.97 Å². The van der Waals surface area contributed by atoms with Crippen LogP contribution in [0.1, 0.15) is 18.4 Å². The molecule has 0 unspecified atom stereocenters. The second kappa shape index (κ2) is 9.03. The van der Waals surface area contributed by atoms with E-state index in [4.69, 9.17) is 9.47 Å². The predicted octanol–water partition coefficient (Wildman–Crippen LogP) is 2.68. The van der Waals surface area contributed by atoms with Crippen molar-refractivity contribution < 1.29 is 23.9 Å². The molecule has 2 aromatic rings. The maximum absolute atomic E-state index is 12.4. The summed E-state index contributed by atoms with van der Waals surface area (Å²) in [4.78, 5) is 37.3. The second-order valence-electron chi connectivity index (χ2n) is 6.47. The molecule has 0 saturated carbocycles. The van der Waals surface area contributed by atoms with Gasteiger partial charge in [0.05, 0.1) is 18.0 Å². The van der Waals surface area contributed by atoms with Gasteiger partial charge in [-0.2, -0.15) is 0 Å². The molecule has 0 radical (unpaired) electrons. The van der Waals surface area contributed by atoms with Crippen molar-refractivity contribution in [2.75, 3.05) is 30.0 Å². The minimum atomic E-state index is -0.476. The maximum atomic E-state index is 12.4. The number of benzene rings is 2. The van der Waals surface area contributed by atoms with E-state index in [9.17, 15) is 14.4 Å². The number of para-hydroxylation sites is 2. The van der Waals surface area contributed by atoms with Gasteiger partial charge in [0.15, 0.2) is 6.61 Å². The Hall–Kier alpha value is -3.35. The number of nitrogens with zero attached hydrogens (tertiary/aromatic N) is 1. The Bertz CT molecular complexity index is 863. The molecule has 0 aliphatic carbocycles. The van der Waals surface area contributed by atoms with Crippen LogP contribution < -0.4 is 15.0 Å². The minimum Gasteiger partial charge on any atom is -0.494 e. The number of amides is 2. The molecule has 0 atom stereocenters. The molecule has 1 aliphatic heterocycles. The molecule has 0 aromatic heterocycles. The highest BCUT2D eigenvalue weighted by Gasteiger charge is 2.27. The number of aryl methyl sites for hydroxylation is 1. The van der Waals surface area contributed by atoms with Crippen LogP contribution in [-0.4, -0.2) is 37.5 Å². The van der Waals surface area contributed by atoms with E-state index in [2.05, 4.69) is 5.32 Å². The average molecular weight is 382 g/mol. The molecule has 2 amide bonds. The highest BCUT2D eigenvalue weighted by molar-refractivity contribution is 6.10. The fraction of sp³-hybridized carbons (Fsp3) is 0.286. The summed E-state index contributed by atoms with van der Waals surface area (Å²) >= 11 is 0. The molecule has 28 heavy (non-hydrogen) atoms. The van der Waals surface area contributed by atoms with Crippen LogP contribution in [0.15, 0.2) is 48.5 Å². The first kappa shape index (κ1) is 19.4. The summed E-state index contributed by atoms with van der Waals surface area (Å²) in [5, 5.41) is 2.71. The number of esters is 1. The van der Waals surface area contributed by atoms with Crippen molar-refractivity contribution in [2.24, 2.45) is 0 Å². The van der Waals surface area contributed by atoms with Crippen LogP contribution in [0.5, 0.6) is 5.75 Å². The molecule has 7 heteroatoms. The van der Waals surface area contributed by atoms with E-state index in [1.54, 1.807) is 24.3 Å². The normalized spacial score (nSPS) is 12.8. The van der Waals surface area contributed by atoms with Crippen molar-refractivity contribution >= 4 is 29.2 Å². The van der Waals surface area contributed by atoms with E-state index in [1.165, 1.54) is 4.90 Å². The molecule has 146 valence electrons. The SMILES string of the molecule is Cc1ccc(OCCCC(=O)OCC(=O)N2CC(=O)Nc3ccccc32)cc1. The Kier molecular flexibility index (Phi) is 6.26. The van der Waals surface area contributed by atoms with E-state index in [0.717, 1.165) is 11.3 Å². The molecular formula is C21H22N2O5. The van der Waals surface area contributed by atoms with Crippen molar-refractivity contribution in [1.82, 2.24) is 0 Å². The van der Waals surface area contributed by atoms with Gasteiger partial charge in [0.25, 0.3) is 5.91 Å². The maximum Gasteiger partial charge on any atom is 0.306 e. The summed E-state index contributed by atoms with van der Waals surface area (Å²) < 4.78 is 10.6. The smallest absolute Gasteiger partial charge is 0.306 e. The van der Waals surface area contributed by atoms with E-state index in [0.29, 0.717) is 24.4 Å². The number of anilines is 2. The van der Waals surface area contributed by atoms with Gasteiger partial charge in [-0.25, -0.2) is 0 Å². The topological polar surface area (TPSA) is 84.9 Å². The highest BCUT2D eigenvalue weighted by Crippen LogP contribution is 2.28. The number of ether oxygens (including phenoxy) is 2. The predicted molar refractivity (Wildman–Crippen MR) is 104 cm³/mol. The third kappa shape index (κ3) is 5.09. The van der Waals surface area contributed by atoms with Gasteiger partial charge in [-0.15, -0.1) is 0 Å². The summed E-state index contributed by atoms with van der Waals surface area (Å²) in [5.41, 5.74) is 2.30. The van der Waals surface area contributed by atoms with Crippen LogP contribution in [-0.2, 0) is 19.1 Å². The first-order valence-corrected chi connectivity index (χ1v) is 9.07. The molecule has 1 heterocycles. The monoisotopic (exact) mass is 382 g/mol. The van der Waals surface area contributed by atoms with E-state index < -0.39 is 18.5 Å². The molecular weight excluding hydrogens is 360 g/mol. The lowest BCUT2D eigenvalue weighted by molar-refractivity contribution is -0.148. The summed E-state index contributed by atoms with van der Waals surface area (Å²) in [6.45, 7) is 1.87. The van der Waals surface area contributed by atoms with E-state index in [1.807, 2.05) is 31.2 Å². The Morgan fingerprint density at radius 2 is 1.86 bits per heavy atom. The Morgan fingerprint density at radius 1 is 1.11 bits per heavy atom. The zero-order valence-electron chi connectivity index (χ0n) is 15.6. The van der Waals surface area contributed by atoms with E-state index >= 15 is 0 Å². The highest BCUT2D eigenvalue weighted by atomic mass is 16.5. The van der Waals surface area contributed by atoms with Gasteiger partial charge in [-0.3, -0.25) is 19.3 Å². The van der Waals surface area contributed by atoms with Crippen molar-refractivity contribution in [1.29, 1.82) is 0 Å². The van der Waals surface area contributed by atoms with Gasteiger partial charge < -0.3 is 14.8 Å². The summed E-state index contributed by atoms with van der Waals surface area (Å²) in [5.74, 6) is -0.454. The number of hydrogen-bond acceptors (Lipinski definition) is 5. The van der Waals surface area contributed by atoms with Crippen molar-refractivity contribution in [3.05, 3.63) is 54.1 Å². The first-order valence-electron chi connectivity index (χ1n) is 9.07. The Morgan fingerprint density at radius 3 is 2.64 bits per heavy atom. The summed E-state index contributed by atoms with van der Waals surface area (Å²) in [7, 11) is 0. The standard InChI is InChI=1S/C21H22N2O5/c1-15-8-10-16(11-9-15)27-12-4-7-21(26)28-14-20(25)23-13-19(24)22-17-5-2-3-6-18(17)23/h2-3,5-6,8-11H,4,7,12-14H2,1H3,(H,22,24). The zero-order chi connectivity index (χ0) is 19.9. The Labute approximate surface area is 163 Å². The lowest BCUT2D eigenvalue weighted by atomic mass is 10.2. The third-order valence-electron chi connectivity index (χ3n) is 4.24. The first-order chi connectivity index (χ1) is 13.5. The number of rotatable bonds is 7. The lowest BCUT2D eigenvalue weighted by Crippen LogP contribution is -2.44. The third-order valence-corrected chi connectivity index (χ3v) is 4.24. The molecule has 0 spiro atoms. The molecule has 0 fully saturated rings. The molecule has 3 rings (SSSR count). The van der Waals surface area contributed by atoms with Crippen LogP contribution >= 0.6 is 0 Å². The van der Waals surface area contributed by atoms with Crippen LogP contribution in [0, 0.1) is 6.92 Å². The zero-order valence-corrected chi connectivity index (χ0v) is 15.6. The van der Waals surface area contributed by atoms with E-state index in [-0.39, 0.29) is 18.9 Å². The minimum absolute atomic E-state index is 0.0994. The second-order valence-corrected chi connectivity index (χ2v) is 6.47. The number of carbonyl (C=O) groups is 3. The fourth-order valence-corrected chi connectivity index (χ4v) is 2.79. The van der Waals surface area contributed by atoms with Crippen molar-refractivity contribution in [3.63, 3.8) is 0 Å². The number of hydrogen-bond donors (Lipinski definition) is 1. The van der Waals surface area contributed by atoms with Crippen LogP contribution in [0.4, 0.5) is 11.4 Å². The number of carbonyl (C=O) groups excluding carboxylic acids is 3. The summed E-state index contributed by atoms with van der Waals surface area (Å²) in [6.07, 6.45) is 0.631. The van der Waals surface area contributed by atoms with Gasteiger partial charge in [-0.05, 0) is 37.6 Å². The van der Waals surface area contributed by atoms with Gasteiger partial charge in [-0.1, -0.05) is 29.8 Å². The van der Waals surface area contributed by atoms with Crippen molar-refractivity contribution in [2.45, 2.75) is 19.8 Å². The molecule has 1 N–H and O–H groups in total. The quantitative estimate of drug-likeness (QED) is 0.588. The molecule has 0 bridgehead atoms. The van der Waals surface area contributed by atoms with Gasteiger partial charge in [0, 0.05) is 6.42 Å². The van der Waals surface area contributed by atoms with Crippen LogP contribution in [0.25, 0.3) is 0 Å². The van der Waals surface area contributed by atoms with Crippen molar-refractivity contribution in [3.8, 4) is 5.75 Å². The average Bonchev–Trinajstić information content (AvgIpc) is 2.70.